The summed E-state index contributed by atoms with van der Waals surface area (Å²) in [6, 6.07) is 6.78. The Bertz CT molecular complexity index is 923. The molecule has 0 aliphatic carbocycles. The molecule has 2 aliphatic rings. The van der Waals surface area contributed by atoms with E-state index in [1.807, 2.05) is 25.1 Å². The van der Waals surface area contributed by atoms with Crippen LogP contribution < -0.4 is 4.74 Å². The van der Waals surface area contributed by atoms with Crippen molar-refractivity contribution in [1.29, 1.82) is 5.26 Å². The Morgan fingerprint density at radius 2 is 1.83 bits per heavy atom. The highest BCUT2D eigenvalue weighted by Crippen LogP contribution is 2.30. The Hall–Kier alpha value is -2.83. The maximum Gasteiger partial charge on any atom is 0.411 e. The zero-order chi connectivity index (χ0) is 25.4. The van der Waals surface area contributed by atoms with Gasteiger partial charge >= 0.3 is 6.09 Å². The van der Waals surface area contributed by atoms with Gasteiger partial charge in [0, 0.05) is 19.6 Å². The predicted molar refractivity (Wildman–Crippen MR) is 129 cm³/mol. The zero-order valence-electron chi connectivity index (χ0n) is 21.2. The molecule has 2 amide bonds. The third-order valence-electron chi connectivity index (χ3n) is 5.98. The van der Waals surface area contributed by atoms with Crippen molar-refractivity contribution < 1.29 is 28.5 Å². The molecular weight excluding hydrogens is 450 g/mol. The number of ether oxygens (including phenoxy) is 4. The number of nitrogens with zero attached hydrogens (tertiary/aromatic N) is 3. The van der Waals surface area contributed by atoms with Gasteiger partial charge in [-0.1, -0.05) is 6.07 Å². The number of fused-ring (bicyclic) bond motifs is 1. The van der Waals surface area contributed by atoms with Crippen molar-refractivity contribution in [3.63, 3.8) is 0 Å². The van der Waals surface area contributed by atoms with Crippen molar-refractivity contribution in [3.8, 4) is 11.8 Å². The summed E-state index contributed by atoms with van der Waals surface area (Å²) in [6.07, 6.45) is 1.27. The van der Waals surface area contributed by atoms with Crippen LogP contribution in [0.1, 0.15) is 51.7 Å². The Labute approximate surface area is 207 Å². The highest BCUT2D eigenvalue weighted by molar-refractivity contribution is 5.87. The maximum atomic E-state index is 13.5. The topological polar surface area (TPSA) is 101 Å². The minimum absolute atomic E-state index is 0.199. The van der Waals surface area contributed by atoms with Gasteiger partial charge in [-0.15, -0.1) is 0 Å². The number of benzene rings is 1. The summed E-state index contributed by atoms with van der Waals surface area (Å²) < 4.78 is 22.2. The lowest BCUT2D eigenvalue weighted by molar-refractivity contribution is -0.137. The fraction of sp³-hybridized carbons (Fsp3) is 0.654. The normalized spacial score (nSPS) is 19.7. The van der Waals surface area contributed by atoms with Gasteiger partial charge in [0.15, 0.2) is 0 Å². The van der Waals surface area contributed by atoms with Gasteiger partial charge < -0.3 is 23.8 Å². The van der Waals surface area contributed by atoms with Crippen molar-refractivity contribution in [2.75, 3.05) is 39.6 Å². The van der Waals surface area contributed by atoms with Gasteiger partial charge in [-0.25, -0.2) is 4.79 Å². The molecule has 1 saturated heterocycles. The highest BCUT2D eigenvalue weighted by atomic mass is 16.6. The average molecular weight is 488 g/mol. The Balaban J connectivity index is 1.72. The number of hydrogen-bond donors (Lipinski definition) is 0. The van der Waals surface area contributed by atoms with Crippen LogP contribution in [0.2, 0.25) is 0 Å². The number of carbonyl (C=O) groups is 2. The molecule has 3 rings (SSSR count). The molecule has 2 heterocycles. The fourth-order valence-corrected chi connectivity index (χ4v) is 4.32. The summed E-state index contributed by atoms with van der Waals surface area (Å²) in [6.45, 7) is 10.7. The van der Waals surface area contributed by atoms with Crippen LogP contribution >= 0.6 is 0 Å². The van der Waals surface area contributed by atoms with E-state index in [1.54, 1.807) is 25.7 Å². The second-order valence-corrected chi connectivity index (χ2v) is 9.74. The monoisotopic (exact) mass is 487 g/mol. The lowest BCUT2D eigenvalue weighted by Crippen LogP contribution is -2.55. The van der Waals surface area contributed by atoms with Crippen LogP contribution in [0.3, 0.4) is 0 Å². The predicted octanol–water partition coefficient (Wildman–Crippen LogP) is 3.29. The number of likely N-dealkylation sites (tertiary alicyclic amines) is 1. The molecule has 0 N–H and O–H groups in total. The minimum atomic E-state index is -0.711. The molecule has 0 bridgehead atoms. The second-order valence-electron chi connectivity index (χ2n) is 9.74. The van der Waals surface area contributed by atoms with Crippen molar-refractivity contribution in [3.05, 3.63) is 29.3 Å². The van der Waals surface area contributed by atoms with E-state index in [2.05, 4.69) is 6.07 Å². The number of hydrogen-bond acceptors (Lipinski definition) is 7. The molecule has 9 nitrogen and oxygen atoms in total. The molecule has 2 unspecified atom stereocenters. The molecule has 1 aromatic rings. The largest absolute Gasteiger partial charge is 0.491 e. The first kappa shape index (κ1) is 26.8. The summed E-state index contributed by atoms with van der Waals surface area (Å²) >= 11 is 0. The van der Waals surface area contributed by atoms with Crippen molar-refractivity contribution in [2.45, 2.75) is 71.2 Å². The van der Waals surface area contributed by atoms with Gasteiger partial charge in [0.1, 0.15) is 30.0 Å². The third kappa shape index (κ3) is 7.33. The molecule has 2 aliphatic heterocycles. The maximum absolute atomic E-state index is 13.5. The summed E-state index contributed by atoms with van der Waals surface area (Å²) in [4.78, 5) is 29.7. The van der Waals surface area contributed by atoms with Crippen molar-refractivity contribution >= 4 is 12.0 Å². The fourth-order valence-electron chi connectivity index (χ4n) is 4.32. The van der Waals surface area contributed by atoms with Crippen molar-refractivity contribution in [2.24, 2.45) is 0 Å². The molecule has 35 heavy (non-hydrogen) atoms. The standard InChI is InChI=1S/C26H37N3O6/c1-5-32-11-12-33-13-14-34-22-9-8-19-16-23(24(30)28-10-6-7-21(28)17-27)29(18-20(19)15-22)25(31)35-26(2,3)4/h8-9,15,21,23H,5-7,10-14,16,18H2,1-4H3. The van der Waals surface area contributed by atoms with Crippen LogP contribution in [-0.2, 0) is 32.0 Å². The van der Waals surface area contributed by atoms with Gasteiger partial charge in [0.05, 0.1) is 32.4 Å². The zero-order valence-corrected chi connectivity index (χ0v) is 21.2. The van der Waals surface area contributed by atoms with Gasteiger partial charge in [-0.3, -0.25) is 9.69 Å². The number of carbonyl (C=O) groups excluding carboxylic acids is 2. The van der Waals surface area contributed by atoms with Crippen LogP contribution in [0, 0.1) is 11.3 Å². The molecule has 1 fully saturated rings. The van der Waals surface area contributed by atoms with E-state index in [4.69, 9.17) is 18.9 Å². The molecule has 192 valence electrons. The molecule has 2 atom stereocenters. The second kappa shape index (κ2) is 12.2. The minimum Gasteiger partial charge on any atom is -0.491 e. The number of amides is 2. The van der Waals surface area contributed by atoms with E-state index < -0.39 is 23.8 Å². The first-order chi connectivity index (χ1) is 16.7. The highest BCUT2D eigenvalue weighted by Gasteiger charge is 2.41. The number of rotatable bonds is 9. The molecule has 0 spiro atoms. The third-order valence-corrected chi connectivity index (χ3v) is 5.98. The average Bonchev–Trinajstić information content (AvgIpc) is 3.30. The first-order valence-electron chi connectivity index (χ1n) is 12.3. The molecule has 0 saturated carbocycles. The Morgan fingerprint density at radius 3 is 2.54 bits per heavy atom. The smallest absolute Gasteiger partial charge is 0.411 e. The van der Waals surface area contributed by atoms with Crippen LogP contribution in [-0.4, -0.2) is 79.1 Å². The summed E-state index contributed by atoms with van der Waals surface area (Å²) in [5.74, 6) is 0.477. The van der Waals surface area contributed by atoms with E-state index in [1.165, 1.54) is 4.90 Å². The van der Waals surface area contributed by atoms with Crippen molar-refractivity contribution in [1.82, 2.24) is 9.80 Å². The van der Waals surface area contributed by atoms with E-state index in [-0.39, 0.29) is 12.5 Å². The van der Waals surface area contributed by atoms with E-state index >= 15 is 0 Å². The van der Waals surface area contributed by atoms with Crippen LogP contribution in [0.5, 0.6) is 5.75 Å². The summed E-state index contributed by atoms with van der Waals surface area (Å²) in [5, 5.41) is 9.46. The lowest BCUT2D eigenvalue weighted by atomic mass is 9.93. The number of nitriles is 1. The summed E-state index contributed by atoms with van der Waals surface area (Å²) in [5.41, 5.74) is 1.20. The van der Waals surface area contributed by atoms with E-state index in [0.717, 1.165) is 17.5 Å². The first-order valence-corrected chi connectivity index (χ1v) is 12.3. The van der Waals surface area contributed by atoms with Crippen LogP contribution in [0.25, 0.3) is 0 Å². The van der Waals surface area contributed by atoms with Crippen LogP contribution in [0.4, 0.5) is 4.79 Å². The quantitative estimate of drug-likeness (QED) is 0.493. The van der Waals surface area contributed by atoms with Gasteiger partial charge in [0.25, 0.3) is 0 Å². The van der Waals surface area contributed by atoms with E-state index in [9.17, 15) is 14.9 Å². The Morgan fingerprint density at radius 1 is 1.09 bits per heavy atom. The molecule has 0 radical (unpaired) electrons. The molecule has 9 heteroatoms. The van der Waals surface area contributed by atoms with E-state index in [0.29, 0.717) is 58.2 Å². The molecular formula is C26H37N3O6. The molecule has 1 aromatic carbocycles. The summed E-state index contributed by atoms with van der Waals surface area (Å²) in [7, 11) is 0. The molecule has 0 aromatic heterocycles. The lowest BCUT2D eigenvalue weighted by Gasteiger charge is -2.39. The van der Waals surface area contributed by atoms with Gasteiger partial charge in [-0.05, 0) is 63.8 Å². The SMILES string of the molecule is CCOCCOCCOc1ccc2c(c1)CN(C(=O)OC(C)(C)C)C(C(=O)N1CCCC1C#N)C2. The van der Waals surface area contributed by atoms with Gasteiger partial charge in [0.2, 0.25) is 5.91 Å². The van der Waals surface area contributed by atoms with Gasteiger partial charge in [-0.2, -0.15) is 5.26 Å². The van der Waals surface area contributed by atoms with Crippen LogP contribution in [0.15, 0.2) is 18.2 Å². The Kier molecular flexibility index (Phi) is 9.35.